The van der Waals surface area contributed by atoms with E-state index in [9.17, 15) is 9.59 Å². The first-order valence-corrected chi connectivity index (χ1v) is 15.0. The van der Waals surface area contributed by atoms with Crippen molar-refractivity contribution < 1.29 is 9.59 Å². The standard InChI is InChI=1S/C34H39N7O2/c1-5-21(2)30(25-8-10-26(11-9-25)33(42)39-29-18-24(19-35)14-15-37-29)31-32(36)38-16-17-40(31)23(4)28-7-6-22(3)41(20-28)34(43)27-12-13-27/h8-11,14-18,21-22,27-28H,4-7,12-13,20H2,1-3H3,(H2,36,38)(H,37,39,42)/b31-30+. The molecule has 9 nitrogen and oxygen atoms in total. The predicted octanol–water partition coefficient (Wildman–Crippen LogP) is 5.66. The number of nitrogens with one attached hydrogen (secondary N) is 1. The van der Waals surface area contributed by atoms with E-state index in [1.165, 1.54) is 12.3 Å². The second-order valence-electron chi connectivity index (χ2n) is 11.7. The maximum atomic E-state index is 13.0. The first kappa shape index (κ1) is 29.8. The summed E-state index contributed by atoms with van der Waals surface area (Å²) in [5.41, 5.74) is 11.1. The number of anilines is 1. The lowest BCUT2D eigenvalue weighted by atomic mass is 9.87. The minimum absolute atomic E-state index is 0.0989. The normalized spacial score (nSPS) is 21.9. The summed E-state index contributed by atoms with van der Waals surface area (Å²) in [5.74, 6) is 1.08. The van der Waals surface area contributed by atoms with Crippen molar-refractivity contribution >= 4 is 29.0 Å². The van der Waals surface area contributed by atoms with Crippen LogP contribution in [0.25, 0.3) is 5.57 Å². The Bertz CT molecular complexity index is 1550. The van der Waals surface area contributed by atoms with Gasteiger partial charge in [-0.2, -0.15) is 5.26 Å². The fourth-order valence-electron chi connectivity index (χ4n) is 5.81. The van der Waals surface area contributed by atoms with Crippen molar-refractivity contribution in [2.24, 2.45) is 28.5 Å². The number of pyridine rings is 1. The first-order chi connectivity index (χ1) is 20.7. The van der Waals surface area contributed by atoms with Crippen molar-refractivity contribution in [2.45, 2.75) is 58.9 Å². The molecule has 0 spiro atoms. The van der Waals surface area contributed by atoms with Crippen LogP contribution in [0.15, 0.2) is 78.0 Å². The lowest BCUT2D eigenvalue weighted by molar-refractivity contribution is -0.136. The van der Waals surface area contributed by atoms with Crippen LogP contribution in [0.2, 0.25) is 0 Å². The van der Waals surface area contributed by atoms with Gasteiger partial charge < -0.3 is 20.9 Å². The van der Waals surface area contributed by atoms with Crippen LogP contribution in [-0.4, -0.2) is 45.0 Å². The molecule has 5 rings (SSSR count). The number of carbonyl (C=O) groups is 2. The van der Waals surface area contributed by atoms with E-state index in [0.717, 1.165) is 54.6 Å². The number of nitrogens with zero attached hydrogens (tertiary/aromatic N) is 5. The molecule has 3 heterocycles. The molecule has 3 aliphatic rings. The number of likely N-dealkylation sites (tertiary alicyclic amines) is 1. The lowest BCUT2D eigenvalue weighted by Crippen LogP contribution is -2.48. The monoisotopic (exact) mass is 577 g/mol. The highest BCUT2D eigenvalue weighted by atomic mass is 16.2. The molecule has 1 saturated heterocycles. The Morgan fingerprint density at radius 3 is 2.51 bits per heavy atom. The summed E-state index contributed by atoms with van der Waals surface area (Å²) >= 11 is 0. The topological polar surface area (TPSA) is 128 Å². The van der Waals surface area contributed by atoms with Crippen molar-refractivity contribution in [3.05, 3.63) is 89.7 Å². The van der Waals surface area contributed by atoms with Crippen molar-refractivity contribution in [2.75, 3.05) is 11.9 Å². The summed E-state index contributed by atoms with van der Waals surface area (Å²) in [6, 6.07) is 12.8. The second-order valence-corrected chi connectivity index (χ2v) is 11.7. The molecule has 2 fully saturated rings. The highest BCUT2D eigenvalue weighted by Gasteiger charge is 2.39. The summed E-state index contributed by atoms with van der Waals surface area (Å²) in [4.78, 5) is 38.7. The Hall–Kier alpha value is -4.71. The van der Waals surface area contributed by atoms with Gasteiger partial charge in [0, 0.05) is 54.3 Å². The van der Waals surface area contributed by atoms with E-state index < -0.39 is 0 Å². The van der Waals surface area contributed by atoms with Crippen LogP contribution in [0, 0.1) is 29.1 Å². The Balaban J connectivity index is 1.43. The summed E-state index contributed by atoms with van der Waals surface area (Å²) in [6.07, 6.45) is 9.81. The van der Waals surface area contributed by atoms with E-state index in [1.54, 1.807) is 24.4 Å². The van der Waals surface area contributed by atoms with Crippen molar-refractivity contribution in [3.8, 4) is 6.07 Å². The molecular weight excluding hydrogens is 538 g/mol. The van der Waals surface area contributed by atoms with Crippen LogP contribution >= 0.6 is 0 Å². The number of rotatable bonds is 8. The van der Waals surface area contributed by atoms with Crippen LogP contribution in [0.1, 0.15) is 74.4 Å². The van der Waals surface area contributed by atoms with Gasteiger partial charge in [-0.3, -0.25) is 9.59 Å². The summed E-state index contributed by atoms with van der Waals surface area (Å²) < 4.78 is 0. The van der Waals surface area contributed by atoms with Gasteiger partial charge in [0.05, 0.1) is 17.3 Å². The highest BCUT2D eigenvalue weighted by Crippen LogP contribution is 2.39. The smallest absolute Gasteiger partial charge is 0.256 e. The number of carbonyl (C=O) groups excluding carboxylic acids is 2. The van der Waals surface area contributed by atoms with Gasteiger partial charge in [-0.25, -0.2) is 9.98 Å². The molecule has 3 atom stereocenters. The molecular formula is C34H39N7O2. The van der Waals surface area contributed by atoms with Crippen LogP contribution < -0.4 is 11.1 Å². The quantitative estimate of drug-likeness (QED) is 0.417. The molecule has 1 saturated carbocycles. The Kier molecular flexibility index (Phi) is 8.76. The van der Waals surface area contributed by atoms with Gasteiger partial charge in [0.15, 0.2) is 0 Å². The maximum absolute atomic E-state index is 13.0. The number of piperidine rings is 1. The number of hydrogen-bond acceptors (Lipinski definition) is 7. The van der Waals surface area contributed by atoms with Gasteiger partial charge in [-0.15, -0.1) is 0 Å². The predicted molar refractivity (Wildman–Crippen MR) is 168 cm³/mol. The molecule has 222 valence electrons. The van der Waals surface area contributed by atoms with E-state index in [2.05, 4.69) is 58.5 Å². The number of amidine groups is 1. The van der Waals surface area contributed by atoms with Crippen molar-refractivity contribution in [3.63, 3.8) is 0 Å². The molecule has 2 amide bonds. The summed E-state index contributed by atoms with van der Waals surface area (Å²) in [6.45, 7) is 11.6. The van der Waals surface area contributed by atoms with Crippen LogP contribution in [-0.2, 0) is 4.79 Å². The number of nitrogens with two attached hydrogens (primary N) is 1. The third-order valence-electron chi connectivity index (χ3n) is 8.73. The first-order valence-electron chi connectivity index (χ1n) is 15.0. The number of benzene rings is 1. The van der Waals surface area contributed by atoms with E-state index in [-0.39, 0.29) is 35.6 Å². The average molecular weight is 578 g/mol. The molecule has 43 heavy (non-hydrogen) atoms. The van der Waals surface area contributed by atoms with Crippen molar-refractivity contribution in [1.29, 1.82) is 5.26 Å². The number of hydrogen-bond donors (Lipinski definition) is 2. The summed E-state index contributed by atoms with van der Waals surface area (Å²) in [7, 11) is 0. The molecule has 3 N–H and O–H groups in total. The van der Waals surface area contributed by atoms with E-state index >= 15 is 0 Å². The molecule has 3 unspecified atom stereocenters. The zero-order chi connectivity index (χ0) is 30.7. The number of nitriles is 1. The molecule has 1 aromatic heterocycles. The number of allylic oxidation sites excluding steroid dienone is 1. The van der Waals surface area contributed by atoms with Crippen LogP contribution in [0.5, 0.6) is 0 Å². The Morgan fingerprint density at radius 2 is 1.84 bits per heavy atom. The van der Waals surface area contributed by atoms with Gasteiger partial charge in [-0.05, 0) is 80.3 Å². The lowest BCUT2D eigenvalue weighted by Gasteiger charge is -2.42. The van der Waals surface area contributed by atoms with Crippen LogP contribution in [0.3, 0.4) is 0 Å². The Morgan fingerprint density at radius 1 is 1.14 bits per heavy atom. The van der Waals surface area contributed by atoms with Crippen LogP contribution in [0.4, 0.5) is 5.82 Å². The largest absolute Gasteiger partial charge is 0.382 e. The molecule has 1 aromatic carbocycles. The average Bonchev–Trinajstić information content (AvgIpc) is 3.87. The van der Waals surface area contributed by atoms with Gasteiger partial charge in [0.1, 0.15) is 11.7 Å². The number of amides is 2. The number of aliphatic imine (C=N–C) groups is 1. The van der Waals surface area contributed by atoms with Gasteiger partial charge in [0.25, 0.3) is 5.91 Å². The molecule has 2 aliphatic heterocycles. The van der Waals surface area contributed by atoms with E-state index in [0.29, 0.717) is 29.3 Å². The second kappa shape index (κ2) is 12.7. The van der Waals surface area contributed by atoms with Gasteiger partial charge in [-0.1, -0.05) is 32.6 Å². The van der Waals surface area contributed by atoms with E-state index in [4.69, 9.17) is 11.0 Å². The molecule has 9 heteroatoms. The molecule has 1 aliphatic carbocycles. The minimum atomic E-state index is -0.319. The minimum Gasteiger partial charge on any atom is -0.382 e. The maximum Gasteiger partial charge on any atom is 0.256 e. The van der Waals surface area contributed by atoms with Crippen molar-refractivity contribution in [1.82, 2.24) is 14.8 Å². The van der Waals surface area contributed by atoms with Gasteiger partial charge in [0.2, 0.25) is 5.91 Å². The van der Waals surface area contributed by atoms with E-state index in [1.807, 2.05) is 18.3 Å². The summed E-state index contributed by atoms with van der Waals surface area (Å²) in [5, 5.41) is 11.9. The third kappa shape index (κ3) is 6.38. The third-order valence-corrected chi connectivity index (χ3v) is 8.73. The fourth-order valence-corrected chi connectivity index (χ4v) is 5.81. The fraction of sp³-hybridized carbons (Fsp3) is 0.382. The molecule has 0 radical (unpaired) electrons. The zero-order valence-electron chi connectivity index (χ0n) is 25.1. The SMILES string of the molecule is C=C(C1CCC(C)N(C(=O)C2CC2)C1)N1C=CN=C(N)/C1=C(\c1ccc(C(=O)Nc2cc(C#N)ccn2)cc1)C(C)CC. The molecule has 2 aromatic rings. The highest BCUT2D eigenvalue weighted by molar-refractivity contribution is 6.06. The molecule has 0 bridgehead atoms. The van der Waals surface area contributed by atoms with Gasteiger partial charge >= 0.3 is 0 Å². The Labute approximate surface area is 253 Å². The number of aromatic nitrogens is 1. The zero-order valence-corrected chi connectivity index (χ0v) is 25.1.